The van der Waals surface area contributed by atoms with Crippen LogP contribution >= 0.6 is 22.9 Å². The summed E-state index contributed by atoms with van der Waals surface area (Å²) in [6.45, 7) is 3.67. The molecule has 8 nitrogen and oxygen atoms in total. The van der Waals surface area contributed by atoms with Gasteiger partial charge in [0, 0.05) is 30.0 Å². The molecule has 0 fully saturated rings. The standard InChI is InChI=1S/C30H23ClF5N3O5S/c1-13(2)43-20-9-8-16(11-17(20)31)27(40)38-18(28(41)37-3)10-14-4-6-15(7-5-14)29-39-19(12-45-29)30(42)44-26-24(35)22(33)21(32)23(34)25(26)36/h4-9,11-13,18H,10H2,1-3H3,(H,37,41)(H,38,40)/t18-/m0/s1. The van der Waals surface area contributed by atoms with E-state index >= 15 is 0 Å². The van der Waals surface area contributed by atoms with Crippen LogP contribution in [0.5, 0.6) is 11.5 Å². The number of amides is 2. The number of aromatic nitrogens is 1. The van der Waals surface area contributed by atoms with Gasteiger partial charge in [0.15, 0.2) is 5.69 Å². The van der Waals surface area contributed by atoms with E-state index in [1.54, 1.807) is 30.3 Å². The molecule has 0 bridgehead atoms. The molecule has 1 aromatic heterocycles. The number of nitrogens with zero attached hydrogens (tertiary/aromatic N) is 1. The molecule has 0 aliphatic rings. The van der Waals surface area contributed by atoms with Gasteiger partial charge in [-0.3, -0.25) is 9.59 Å². The van der Waals surface area contributed by atoms with Crippen LogP contribution in [-0.4, -0.2) is 42.0 Å². The molecule has 0 aliphatic heterocycles. The highest BCUT2D eigenvalue weighted by molar-refractivity contribution is 7.13. The van der Waals surface area contributed by atoms with Gasteiger partial charge in [-0.25, -0.2) is 22.9 Å². The van der Waals surface area contributed by atoms with Crippen molar-refractivity contribution in [3.05, 3.63) is 98.8 Å². The number of ether oxygens (including phenoxy) is 2. The fourth-order valence-corrected chi connectivity index (χ4v) is 4.98. The number of carbonyl (C=O) groups excluding carboxylic acids is 3. The minimum absolute atomic E-state index is 0.103. The molecule has 2 N–H and O–H groups in total. The highest BCUT2D eigenvalue weighted by atomic mass is 35.5. The monoisotopic (exact) mass is 667 g/mol. The van der Waals surface area contributed by atoms with Crippen LogP contribution in [0.25, 0.3) is 10.6 Å². The van der Waals surface area contributed by atoms with Crippen molar-refractivity contribution >= 4 is 40.7 Å². The van der Waals surface area contributed by atoms with Crippen LogP contribution in [0, 0.1) is 29.1 Å². The Bertz CT molecular complexity index is 1740. The third kappa shape index (κ3) is 7.57. The molecule has 0 unspecified atom stereocenters. The molecule has 0 saturated heterocycles. The number of likely N-dealkylation sites (N-methyl/N-ethyl adjacent to an activating group) is 1. The number of hydrogen-bond acceptors (Lipinski definition) is 7. The van der Waals surface area contributed by atoms with Gasteiger partial charge in [-0.1, -0.05) is 35.9 Å². The van der Waals surface area contributed by atoms with Gasteiger partial charge in [-0.2, -0.15) is 8.78 Å². The Morgan fingerprint density at radius 2 is 1.56 bits per heavy atom. The summed E-state index contributed by atoms with van der Waals surface area (Å²) in [5.41, 5.74) is 0.930. The average Bonchev–Trinajstić information content (AvgIpc) is 3.52. The number of rotatable bonds is 10. The molecule has 15 heteroatoms. The van der Waals surface area contributed by atoms with Crippen molar-refractivity contribution in [2.75, 3.05) is 7.05 Å². The SMILES string of the molecule is CNC(=O)[C@H](Cc1ccc(-c2nc(C(=O)Oc3c(F)c(F)c(F)c(F)c3F)cs2)cc1)NC(=O)c1ccc(OC(C)C)c(Cl)c1. The molecule has 1 atom stereocenters. The van der Waals surface area contributed by atoms with Crippen molar-refractivity contribution in [2.45, 2.75) is 32.4 Å². The summed E-state index contributed by atoms with van der Waals surface area (Å²) in [6, 6.07) is 10.1. The van der Waals surface area contributed by atoms with Gasteiger partial charge in [0.25, 0.3) is 5.91 Å². The van der Waals surface area contributed by atoms with Gasteiger partial charge in [-0.15, -0.1) is 11.3 Å². The van der Waals surface area contributed by atoms with Gasteiger partial charge in [0.1, 0.15) is 16.8 Å². The van der Waals surface area contributed by atoms with E-state index in [0.717, 1.165) is 11.3 Å². The van der Waals surface area contributed by atoms with Gasteiger partial charge in [0.05, 0.1) is 11.1 Å². The highest BCUT2D eigenvalue weighted by Gasteiger charge is 2.29. The second kappa shape index (κ2) is 14.0. The number of carbonyl (C=O) groups is 3. The summed E-state index contributed by atoms with van der Waals surface area (Å²) in [5.74, 6) is -15.3. The van der Waals surface area contributed by atoms with E-state index < -0.39 is 64.4 Å². The van der Waals surface area contributed by atoms with Gasteiger partial charge in [0.2, 0.25) is 40.7 Å². The van der Waals surface area contributed by atoms with Crippen molar-refractivity contribution in [3.63, 3.8) is 0 Å². The summed E-state index contributed by atoms with van der Waals surface area (Å²) >= 11 is 7.19. The first-order valence-electron chi connectivity index (χ1n) is 13.1. The maximum absolute atomic E-state index is 13.9. The molecule has 4 aromatic rings. The van der Waals surface area contributed by atoms with Crippen LogP contribution in [0.4, 0.5) is 22.0 Å². The smallest absolute Gasteiger partial charge is 0.363 e. The lowest BCUT2D eigenvalue weighted by Crippen LogP contribution is -2.47. The number of thiazole rings is 1. The first kappa shape index (κ1) is 33.3. The van der Waals surface area contributed by atoms with Crippen LogP contribution < -0.4 is 20.1 Å². The lowest BCUT2D eigenvalue weighted by Gasteiger charge is -2.18. The molecule has 0 radical (unpaired) electrons. The van der Waals surface area contributed by atoms with E-state index in [1.807, 2.05) is 13.8 Å². The molecule has 45 heavy (non-hydrogen) atoms. The third-order valence-electron chi connectivity index (χ3n) is 6.14. The van der Waals surface area contributed by atoms with Gasteiger partial charge >= 0.3 is 5.97 Å². The minimum atomic E-state index is -2.39. The molecule has 1 heterocycles. The number of esters is 1. The predicted octanol–water partition coefficient (Wildman–Crippen LogP) is 6.25. The van der Waals surface area contributed by atoms with Crippen molar-refractivity contribution in [1.29, 1.82) is 0 Å². The number of benzene rings is 3. The first-order chi connectivity index (χ1) is 21.3. The van der Waals surface area contributed by atoms with Crippen molar-refractivity contribution in [1.82, 2.24) is 15.6 Å². The van der Waals surface area contributed by atoms with E-state index in [4.69, 9.17) is 16.3 Å². The van der Waals surface area contributed by atoms with E-state index in [-0.39, 0.29) is 28.1 Å². The highest BCUT2D eigenvalue weighted by Crippen LogP contribution is 2.31. The quantitative estimate of drug-likeness (QED) is 0.0681. The van der Waals surface area contributed by atoms with E-state index in [9.17, 15) is 36.3 Å². The second-order valence-electron chi connectivity index (χ2n) is 9.68. The Hall–Kier alpha value is -4.56. The predicted molar refractivity (Wildman–Crippen MR) is 155 cm³/mol. The molecule has 3 aromatic carbocycles. The largest absolute Gasteiger partial charge is 0.489 e. The molecular formula is C30H23ClF5N3O5S. The Balaban J connectivity index is 1.45. The zero-order valence-electron chi connectivity index (χ0n) is 23.6. The lowest BCUT2D eigenvalue weighted by molar-refractivity contribution is -0.122. The summed E-state index contributed by atoms with van der Waals surface area (Å²) in [6.07, 6.45) is -0.0185. The van der Waals surface area contributed by atoms with Crippen molar-refractivity contribution < 1.29 is 45.8 Å². The van der Waals surface area contributed by atoms with Crippen LogP contribution in [0.15, 0.2) is 47.8 Å². The number of hydrogen-bond donors (Lipinski definition) is 2. The summed E-state index contributed by atoms with van der Waals surface area (Å²) < 4.78 is 78.0. The fourth-order valence-electron chi connectivity index (χ4n) is 3.96. The Labute approximate surface area is 262 Å². The zero-order chi connectivity index (χ0) is 33.0. The second-order valence-corrected chi connectivity index (χ2v) is 10.9. The maximum Gasteiger partial charge on any atom is 0.363 e. The molecular weight excluding hydrogens is 645 g/mol. The lowest BCUT2D eigenvalue weighted by atomic mass is 10.0. The molecule has 0 saturated carbocycles. The Morgan fingerprint density at radius 3 is 2.13 bits per heavy atom. The third-order valence-corrected chi connectivity index (χ3v) is 7.33. The van der Waals surface area contributed by atoms with Gasteiger partial charge in [-0.05, 0) is 37.6 Å². The Kier molecular flexibility index (Phi) is 10.4. The van der Waals surface area contributed by atoms with Crippen molar-refractivity contribution in [2.24, 2.45) is 0 Å². The van der Waals surface area contributed by atoms with Crippen LogP contribution in [0.2, 0.25) is 5.02 Å². The van der Waals surface area contributed by atoms with Crippen LogP contribution in [-0.2, 0) is 11.2 Å². The topological polar surface area (TPSA) is 107 Å². The van der Waals surface area contributed by atoms with E-state index in [0.29, 0.717) is 16.9 Å². The fraction of sp³-hybridized carbons (Fsp3) is 0.200. The van der Waals surface area contributed by atoms with Crippen LogP contribution in [0.3, 0.4) is 0 Å². The molecule has 4 rings (SSSR count). The zero-order valence-corrected chi connectivity index (χ0v) is 25.2. The normalized spacial score (nSPS) is 11.7. The van der Waals surface area contributed by atoms with E-state index in [1.165, 1.54) is 24.6 Å². The maximum atomic E-state index is 13.9. The van der Waals surface area contributed by atoms with E-state index in [2.05, 4.69) is 20.4 Å². The number of nitrogens with one attached hydrogen (secondary N) is 2. The summed E-state index contributed by atoms with van der Waals surface area (Å²) in [5, 5.41) is 6.88. The summed E-state index contributed by atoms with van der Waals surface area (Å²) in [7, 11) is 1.43. The molecule has 0 aliphatic carbocycles. The minimum Gasteiger partial charge on any atom is -0.489 e. The molecule has 0 spiro atoms. The first-order valence-corrected chi connectivity index (χ1v) is 14.3. The summed E-state index contributed by atoms with van der Waals surface area (Å²) in [4.78, 5) is 41.9. The Morgan fingerprint density at radius 1 is 0.933 bits per heavy atom. The average molecular weight is 668 g/mol. The van der Waals surface area contributed by atoms with Crippen LogP contribution in [0.1, 0.15) is 40.3 Å². The van der Waals surface area contributed by atoms with Gasteiger partial charge < -0.3 is 20.1 Å². The molecule has 236 valence electrons. The molecule has 2 amide bonds. The van der Waals surface area contributed by atoms with Crippen molar-refractivity contribution in [3.8, 4) is 22.1 Å². The number of halogens is 6.